The molecule has 1 aromatic rings. The molecule has 0 aliphatic carbocycles. The van der Waals surface area contributed by atoms with Crippen molar-refractivity contribution in [3.63, 3.8) is 0 Å². The highest BCUT2D eigenvalue weighted by atomic mass is 16.1. The van der Waals surface area contributed by atoms with E-state index in [1.165, 1.54) is 6.42 Å². The Balaban J connectivity index is 2.40. The SMILES string of the molecule is CC1CCCN(c2nccn(C(C)C)c2=O)C1CN. The van der Waals surface area contributed by atoms with Crippen molar-refractivity contribution in [3.8, 4) is 0 Å². The van der Waals surface area contributed by atoms with Crippen LogP contribution in [0.15, 0.2) is 17.2 Å². The molecule has 2 rings (SSSR count). The van der Waals surface area contributed by atoms with E-state index in [4.69, 9.17) is 5.73 Å². The summed E-state index contributed by atoms with van der Waals surface area (Å²) in [5.74, 6) is 1.06. The van der Waals surface area contributed by atoms with E-state index in [1.807, 2.05) is 13.8 Å². The van der Waals surface area contributed by atoms with Crippen molar-refractivity contribution in [2.75, 3.05) is 18.0 Å². The molecule has 2 N–H and O–H groups in total. The highest BCUT2D eigenvalue weighted by molar-refractivity contribution is 5.38. The van der Waals surface area contributed by atoms with Crippen LogP contribution in [0.25, 0.3) is 0 Å². The van der Waals surface area contributed by atoms with Crippen LogP contribution in [0.1, 0.15) is 39.7 Å². The van der Waals surface area contributed by atoms with Crippen LogP contribution in [-0.4, -0.2) is 28.7 Å². The number of hydrogen-bond acceptors (Lipinski definition) is 4. The first-order valence-corrected chi connectivity index (χ1v) is 7.10. The summed E-state index contributed by atoms with van der Waals surface area (Å²) in [7, 11) is 0. The van der Waals surface area contributed by atoms with Gasteiger partial charge in [-0.2, -0.15) is 0 Å². The number of hydrogen-bond donors (Lipinski definition) is 1. The van der Waals surface area contributed by atoms with Gasteiger partial charge in [0.2, 0.25) is 0 Å². The van der Waals surface area contributed by atoms with Gasteiger partial charge in [-0.3, -0.25) is 4.79 Å². The molecule has 19 heavy (non-hydrogen) atoms. The van der Waals surface area contributed by atoms with E-state index in [0.717, 1.165) is 13.0 Å². The highest BCUT2D eigenvalue weighted by Crippen LogP contribution is 2.25. The van der Waals surface area contributed by atoms with Gasteiger partial charge in [0.25, 0.3) is 5.56 Å². The summed E-state index contributed by atoms with van der Waals surface area (Å²) in [5.41, 5.74) is 5.88. The van der Waals surface area contributed by atoms with E-state index in [9.17, 15) is 4.79 Å². The molecule has 1 saturated heterocycles. The third kappa shape index (κ3) is 2.66. The lowest BCUT2D eigenvalue weighted by atomic mass is 9.91. The second-order valence-electron chi connectivity index (χ2n) is 5.67. The molecule has 5 nitrogen and oxygen atoms in total. The molecule has 0 bridgehead atoms. The first kappa shape index (κ1) is 14.1. The molecule has 1 aliphatic heterocycles. The number of piperidine rings is 1. The van der Waals surface area contributed by atoms with Crippen LogP contribution < -0.4 is 16.2 Å². The van der Waals surface area contributed by atoms with Crippen LogP contribution in [0.5, 0.6) is 0 Å². The summed E-state index contributed by atoms with van der Waals surface area (Å²) in [4.78, 5) is 18.9. The summed E-state index contributed by atoms with van der Waals surface area (Å²) < 4.78 is 1.73. The lowest BCUT2D eigenvalue weighted by Crippen LogP contribution is -2.51. The third-order valence-electron chi connectivity index (χ3n) is 4.04. The molecule has 2 unspecified atom stereocenters. The van der Waals surface area contributed by atoms with Crippen LogP contribution in [0.4, 0.5) is 5.82 Å². The molecule has 106 valence electrons. The maximum absolute atomic E-state index is 12.5. The average Bonchev–Trinajstić information content (AvgIpc) is 2.38. The highest BCUT2D eigenvalue weighted by Gasteiger charge is 2.30. The van der Waals surface area contributed by atoms with Gasteiger partial charge in [0.1, 0.15) is 0 Å². The zero-order valence-corrected chi connectivity index (χ0v) is 12.0. The van der Waals surface area contributed by atoms with Crippen LogP contribution in [-0.2, 0) is 0 Å². The molecule has 2 heterocycles. The number of aromatic nitrogens is 2. The molecule has 0 spiro atoms. The summed E-state index contributed by atoms with van der Waals surface area (Å²) in [5, 5.41) is 0. The predicted octanol–water partition coefficient (Wildman–Crippen LogP) is 1.39. The maximum Gasteiger partial charge on any atom is 0.293 e. The van der Waals surface area contributed by atoms with Gasteiger partial charge < -0.3 is 15.2 Å². The zero-order chi connectivity index (χ0) is 14.0. The van der Waals surface area contributed by atoms with E-state index in [1.54, 1.807) is 17.0 Å². The second kappa shape index (κ2) is 5.74. The van der Waals surface area contributed by atoms with Crippen LogP contribution in [0, 0.1) is 5.92 Å². The Bertz CT molecular complexity index is 483. The molecule has 1 aromatic heterocycles. The lowest BCUT2D eigenvalue weighted by molar-refractivity contribution is 0.346. The number of rotatable bonds is 3. The van der Waals surface area contributed by atoms with Gasteiger partial charge in [-0.1, -0.05) is 6.92 Å². The minimum Gasteiger partial charge on any atom is -0.348 e. The summed E-state index contributed by atoms with van der Waals surface area (Å²) in [6.07, 6.45) is 5.73. The Morgan fingerprint density at radius 1 is 1.53 bits per heavy atom. The van der Waals surface area contributed by atoms with E-state index in [2.05, 4.69) is 16.8 Å². The molecular weight excluding hydrogens is 240 g/mol. The zero-order valence-electron chi connectivity index (χ0n) is 12.0. The standard InChI is InChI=1S/C14H24N4O/c1-10(2)17-8-6-16-13(14(17)19)18-7-4-5-11(3)12(18)9-15/h6,8,10-12H,4-5,7,9,15H2,1-3H3. The normalized spacial score (nSPS) is 23.9. The van der Waals surface area contributed by atoms with Crippen molar-refractivity contribution in [1.29, 1.82) is 0 Å². The Labute approximate surface area is 114 Å². The first-order chi connectivity index (χ1) is 9.06. The van der Waals surface area contributed by atoms with Crippen molar-refractivity contribution >= 4 is 5.82 Å². The fourth-order valence-electron chi connectivity index (χ4n) is 2.89. The van der Waals surface area contributed by atoms with E-state index < -0.39 is 0 Å². The summed E-state index contributed by atoms with van der Waals surface area (Å²) in [6.45, 7) is 7.65. The van der Waals surface area contributed by atoms with E-state index >= 15 is 0 Å². The monoisotopic (exact) mass is 264 g/mol. The van der Waals surface area contributed by atoms with E-state index in [0.29, 0.717) is 18.3 Å². The molecular formula is C14H24N4O. The van der Waals surface area contributed by atoms with Gasteiger partial charge >= 0.3 is 0 Å². The third-order valence-corrected chi connectivity index (χ3v) is 4.04. The molecule has 0 saturated carbocycles. The molecule has 0 amide bonds. The van der Waals surface area contributed by atoms with Crippen LogP contribution in [0.2, 0.25) is 0 Å². The Kier molecular flexibility index (Phi) is 4.24. The fourth-order valence-corrected chi connectivity index (χ4v) is 2.89. The van der Waals surface area contributed by atoms with Gasteiger partial charge in [0.15, 0.2) is 5.82 Å². The lowest BCUT2D eigenvalue weighted by Gasteiger charge is -2.39. The van der Waals surface area contributed by atoms with Crippen molar-refractivity contribution in [3.05, 3.63) is 22.7 Å². The van der Waals surface area contributed by atoms with Gasteiger partial charge in [0.05, 0.1) is 0 Å². The van der Waals surface area contributed by atoms with Crippen molar-refractivity contribution in [2.45, 2.75) is 45.7 Å². The number of anilines is 1. The fraction of sp³-hybridized carbons (Fsp3) is 0.714. The minimum atomic E-state index is -0.00921. The minimum absolute atomic E-state index is 0.00921. The topological polar surface area (TPSA) is 64.2 Å². The molecule has 0 aromatic carbocycles. The Hall–Kier alpha value is -1.36. The smallest absolute Gasteiger partial charge is 0.293 e. The first-order valence-electron chi connectivity index (χ1n) is 7.10. The van der Waals surface area contributed by atoms with Crippen LogP contribution in [0.3, 0.4) is 0 Å². The number of nitrogens with zero attached hydrogens (tertiary/aromatic N) is 3. The van der Waals surface area contributed by atoms with Crippen LogP contribution >= 0.6 is 0 Å². The average molecular weight is 264 g/mol. The van der Waals surface area contributed by atoms with Gasteiger partial charge in [0, 0.05) is 37.6 Å². The van der Waals surface area contributed by atoms with Gasteiger partial charge in [-0.05, 0) is 32.6 Å². The quantitative estimate of drug-likeness (QED) is 0.896. The molecule has 5 heteroatoms. The van der Waals surface area contributed by atoms with E-state index in [-0.39, 0.29) is 17.6 Å². The molecule has 2 atom stereocenters. The number of nitrogens with two attached hydrogens (primary N) is 1. The van der Waals surface area contributed by atoms with Gasteiger partial charge in [-0.15, -0.1) is 0 Å². The molecule has 1 fully saturated rings. The van der Waals surface area contributed by atoms with Gasteiger partial charge in [-0.25, -0.2) is 4.98 Å². The largest absolute Gasteiger partial charge is 0.348 e. The molecule has 1 aliphatic rings. The molecule has 0 radical (unpaired) electrons. The summed E-state index contributed by atoms with van der Waals surface area (Å²) >= 11 is 0. The van der Waals surface area contributed by atoms with Crippen molar-refractivity contribution in [2.24, 2.45) is 11.7 Å². The van der Waals surface area contributed by atoms with Crippen molar-refractivity contribution in [1.82, 2.24) is 9.55 Å². The maximum atomic E-state index is 12.5. The second-order valence-corrected chi connectivity index (χ2v) is 5.67. The predicted molar refractivity (Wildman–Crippen MR) is 77.5 cm³/mol. The Morgan fingerprint density at radius 3 is 2.89 bits per heavy atom. The Morgan fingerprint density at radius 2 is 2.26 bits per heavy atom. The van der Waals surface area contributed by atoms with Crippen molar-refractivity contribution < 1.29 is 0 Å². The summed E-state index contributed by atoms with van der Waals surface area (Å²) in [6, 6.07) is 0.366.